The summed E-state index contributed by atoms with van der Waals surface area (Å²) in [5, 5.41) is 5.02. The van der Waals surface area contributed by atoms with Crippen LogP contribution in [-0.2, 0) is 11.3 Å². The lowest BCUT2D eigenvalue weighted by molar-refractivity contribution is -0.120. The summed E-state index contributed by atoms with van der Waals surface area (Å²) in [4.78, 5) is 23.9. The molecule has 0 saturated heterocycles. The molecule has 1 heterocycles. The second kappa shape index (κ2) is 8.79. The average Bonchev–Trinajstić information content (AvgIpc) is 2.91. The van der Waals surface area contributed by atoms with Gasteiger partial charge in [-0.05, 0) is 38.1 Å². The fourth-order valence-corrected chi connectivity index (χ4v) is 2.67. The Morgan fingerprint density at radius 3 is 2.58 bits per heavy atom. The Morgan fingerprint density at radius 2 is 1.96 bits per heavy atom. The molecule has 26 heavy (non-hydrogen) atoms. The number of furan rings is 1. The van der Waals surface area contributed by atoms with Gasteiger partial charge in [0.05, 0.1) is 12.1 Å². The lowest BCUT2D eigenvalue weighted by atomic mass is 10.2. The number of nitrogens with one attached hydrogen (secondary N) is 2. The molecule has 0 bridgehead atoms. The minimum absolute atomic E-state index is 0.0277. The van der Waals surface area contributed by atoms with Crippen molar-refractivity contribution in [1.29, 1.82) is 0 Å². The van der Waals surface area contributed by atoms with Crippen LogP contribution in [0, 0.1) is 13.8 Å². The molecule has 2 rings (SSSR count). The van der Waals surface area contributed by atoms with E-state index in [2.05, 4.69) is 31.3 Å². The number of alkyl halides is 2. The summed E-state index contributed by atoms with van der Waals surface area (Å²) >= 11 is 3.23. The summed E-state index contributed by atoms with van der Waals surface area (Å²) in [7, 11) is 0. The van der Waals surface area contributed by atoms with Crippen molar-refractivity contribution in [2.24, 2.45) is 0 Å². The van der Waals surface area contributed by atoms with Gasteiger partial charge in [0.25, 0.3) is 5.91 Å². The third kappa shape index (κ3) is 5.55. The third-order valence-corrected chi connectivity index (χ3v) is 3.90. The summed E-state index contributed by atoms with van der Waals surface area (Å²) in [6.07, 6.45) is 0. The van der Waals surface area contributed by atoms with Crippen molar-refractivity contribution < 1.29 is 27.5 Å². The van der Waals surface area contributed by atoms with Crippen LogP contribution < -0.4 is 15.4 Å². The van der Waals surface area contributed by atoms with Gasteiger partial charge in [-0.2, -0.15) is 8.78 Å². The number of aryl methyl sites for hydroxylation is 2. The molecule has 0 aliphatic rings. The van der Waals surface area contributed by atoms with Crippen LogP contribution in [0.1, 0.15) is 27.4 Å². The van der Waals surface area contributed by atoms with Crippen LogP contribution in [0.2, 0.25) is 0 Å². The van der Waals surface area contributed by atoms with Gasteiger partial charge in [-0.15, -0.1) is 0 Å². The van der Waals surface area contributed by atoms with Gasteiger partial charge in [-0.25, -0.2) is 0 Å². The van der Waals surface area contributed by atoms with Crippen LogP contribution in [0.4, 0.5) is 8.78 Å². The number of benzene rings is 1. The molecule has 0 aliphatic carbocycles. The first-order valence-corrected chi connectivity index (χ1v) is 8.40. The van der Waals surface area contributed by atoms with Crippen molar-refractivity contribution in [3.05, 3.63) is 51.4 Å². The predicted octanol–water partition coefficient (Wildman–Crippen LogP) is 3.31. The number of amides is 2. The Hall–Kier alpha value is -2.42. The summed E-state index contributed by atoms with van der Waals surface area (Å²) in [5.41, 5.74) is 0.732. The van der Waals surface area contributed by atoms with Crippen molar-refractivity contribution in [1.82, 2.24) is 10.6 Å². The fraction of sp³-hybridized carbons (Fsp3) is 0.294. The number of hydrogen-bond donors (Lipinski definition) is 2. The lowest BCUT2D eigenvalue weighted by Gasteiger charge is -2.12. The molecule has 2 amide bonds. The molecule has 0 radical (unpaired) electrons. The molecule has 6 nitrogen and oxygen atoms in total. The third-order valence-electron chi connectivity index (χ3n) is 3.41. The Morgan fingerprint density at radius 1 is 1.23 bits per heavy atom. The maximum absolute atomic E-state index is 12.4. The van der Waals surface area contributed by atoms with Gasteiger partial charge < -0.3 is 19.8 Å². The number of ether oxygens (including phenoxy) is 1. The van der Waals surface area contributed by atoms with E-state index in [-0.39, 0.29) is 18.8 Å². The number of hydrogen-bond acceptors (Lipinski definition) is 4. The van der Waals surface area contributed by atoms with E-state index in [9.17, 15) is 18.4 Å². The first kappa shape index (κ1) is 19.9. The first-order chi connectivity index (χ1) is 12.3. The average molecular weight is 431 g/mol. The van der Waals surface area contributed by atoms with Gasteiger partial charge in [-0.3, -0.25) is 9.59 Å². The van der Waals surface area contributed by atoms with E-state index in [0.29, 0.717) is 27.1 Å². The van der Waals surface area contributed by atoms with Crippen LogP contribution in [0.3, 0.4) is 0 Å². The van der Waals surface area contributed by atoms with Gasteiger partial charge in [0, 0.05) is 16.6 Å². The summed E-state index contributed by atoms with van der Waals surface area (Å²) in [5.74, 6) is 0.122. The second-order valence-corrected chi connectivity index (χ2v) is 6.33. The first-order valence-electron chi connectivity index (χ1n) is 7.61. The maximum Gasteiger partial charge on any atom is 0.387 e. The molecule has 140 valence electrons. The Labute approximate surface area is 157 Å². The zero-order valence-corrected chi connectivity index (χ0v) is 15.7. The van der Waals surface area contributed by atoms with Crippen molar-refractivity contribution in [3.8, 4) is 5.75 Å². The normalized spacial score (nSPS) is 10.7. The number of carbonyl (C=O) groups excluding carboxylic acids is 2. The highest BCUT2D eigenvalue weighted by molar-refractivity contribution is 9.10. The van der Waals surface area contributed by atoms with Gasteiger partial charge in [0.1, 0.15) is 17.3 Å². The molecule has 2 aromatic rings. The van der Waals surface area contributed by atoms with Gasteiger partial charge in [-0.1, -0.05) is 15.9 Å². The Bertz CT molecular complexity index is 808. The standard InChI is InChI=1S/C17H17BrF2N2O4/c1-9-5-13(10(2)25-9)16(24)22-8-15(23)21-7-11-6-12(18)3-4-14(11)26-17(19)20/h3-6,17H,7-8H2,1-2H3,(H,21,23)(H,22,24). The van der Waals surface area contributed by atoms with Crippen LogP contribution in [0.25, 0.3) is 0 Å². The zero-order valence-electron chi connectivity index (χ0n) is 14.1. The van der Waals surface area contributed by atoms with Gasteiger partial charge in [0.15, 0.2) is 0 Å². The number of halogens is 3. The smallest absolute Gasteiger partial charge is 0.387 e. The molecule has 0 saturated carbocycles. The van der Waals surface area contributed by atoms with E-state index in [1.807, 2.05) is 0 Å². The van der Waals surface area contributed by atoms with Crippen LogP contribution in [0.5, 0.6) is 5.75 Å². The van der Waals surface area contributed by atoms with Crippen LogP contribution in [-0.4, -0.2) is 25.0 Å². The van der Waals surface area contributed by atoms with E-state index in [4.69, 9.17) is 4.42 Å². The monoisotopic (exact) mass is 430 g/mol. The van der Waals surface area contributed by atoms with E-state index in [1.165, 1.54) is 6.07 Å². The second-order valence-electron chi connectivity index (χ2n) is 5.42. The summed E-state index contributed by atoms with van der Waals surface area (Å²) in [6.45, 7) is 0.112. The largest absolute Gasteiger partial charge is 0.466 e. The van der Waals surface area contributed by atoms with Crippen LogP contribution >= 0.6 is 15.9 Å². The number of carbonyl (C=O) groups is 2. The molecule has 0 aliphatic heterocycles. The molecular weight excluding hydrogens is 414 g/mol. The van der Waals surface area contributed by atoms with E-state index in [1.54, 1.807) is 32.0 Å². The maximum atomic E-state index is 12.4. The van der Waals surface area contributed by atoms with Gasteiger partial charge >= 0.3 is 6.61 Å². The van der Waals surface area contributed by atoms with Crippen molar-refractivity contribution in [3.63, 3.8) is 0 Å². The predicted molar refractivity (Wildman–Crippen MR) is 93.1 cm³/mol. The molecule has 0 atom stereocenters. The molecule has 0 fully saturated rings. The van der Waals surface area contributed by atoms with E-state index >= 15 is 0 Å². The Kier molecular flexibility index (Phi) is 6.73. The van der Waals surface area contributed by atoms with Crippen molar-refractivity contribution in [2.75, 3.05) is 6.54 Å². The molecule has 0 unspecified atom stereocenters. The molecule has 0 spiro atoms. The van der Waals surface area contributed by atoms with E-state index in [0.717, 1.165) is 0 Å². The Balaban J connectivity index is 1.90. The van der Waals surface area contributed by atoms with Crippen LogP contribution in [0.15, 0.2) is 33.2 Å². The molecule has 9 heteroatoms. The summed E-state index contributed by atoms with van der Waals surface area (Å²) < 4.78 is 35.2. The highest BCUT2D eigenvalue weighted by Crippen LogP contribution is 2.24. The molecule has 1 aromatic carbocycles. The van der Waals surface area contributed by atoms with E-state index < -0.39 is 18.4 Å². The fourth-order valence-electron chi connectivity index (χ4n) is 2.27. The quantitative estimate of drug-likeness (QED) is 0.705. The SMILES string of the molecule is Cc1cc(C(=O)NCC(=O)NCc2cc(Br)ccc2OC(F)F)c(C)o1. The molecular formula is C17H17BrF2N2O4. The minimum Gasteiger partial charge on any atom is -0.466 e. The van der Waals surface area contributed by atoms with Gasteiger partial charge in [0.2, 0.25) is 5.91 Å². The highest BCUT2D eigenvalue weighted by atomic mass is 79.9. The molecule has 1 aromatic heterocycles. The topological polar surface area (TPSA) is 80.6 Å². The minimum atomic E-state index is -2.97. The lowest BCUT2D eigenvalue weighted by Crippen LogP contribution is -2.36. The van der Waals surface area contributed by atoms with Crippen molar-refractivity contribution in [2.45, 2.75) is 27.0 Å². The number of rotatable bonds is 7. The molecule has 2 N–H and O–H groups in total. The van der Waals surface area contributed by atoms with Crippen molar-refractivity contribution >= 4 is 27.7 Å². The summed E-state index contributed by atoms with van der Waals surface area (Å²) in [6, 6.07) is 6.08. The highest BCUT2D eigenvalue weighted by Gasteiger charge is 2.15. The zero-order chi connectivity index (χ0) is 19.3.